The van der Waals surface area contributed by atoms with Crippen LogP contribution in [0.1, 0.15) is 15.9 Å². The fraction of sp³-hybridized carbons (Fsp3) is 0.0833. The molecule has 2 aromatic rings. The zero-order valence-corrected chi connectivity index (χ0v) is 13.9. The zero-order valence-electron chi connectivity index (χ0n) is 10.0. The van der Waals surface area contributed by atoms with Gasteiger partial charge >= 0.3 is 0 Å². The van der Waals surface area contributed by atoms with Gasteiger partial charge in [-0.3, -0.25) is 4.79 Å². The molecule has 104 valence electrons. The van der Waals surface area contributed by atoms with Crippen LogP contribution >= 0.6 is 50.7 Å². The van der Waals surface area contributed by atoms with Gasteiger partial charge in [-0.25, -0.2) is 0 Å². The van der Waals surface area contributed by atoms with E-state index in [4.69, 9.17) is 34.8 Å². The maximum Gasteiger partial charge on any atom is 0.259 e. The molecule has 0 bridgehead atoms. The Hall–Kier alpha value is -0.880. The summed E-state index contributed by atoms with van der Waals surface area (Å²) < 4.78 is 0.706. The van der Waals surface area contributed by atoms with Gasteiger partial charge in [-0.1, -0.05) is 34.8 Å². The molecule has 1 N–H and O–H groups in total. The van der Waals surface area contributed by atoms with Gasteiger partial charge in [0, 0.05) is 9.50 Å². The molecule has 1 aromatic heterocycles. The number of hydrogen-bond acceptors (Lipinski definition) is 3. The molecule has 1 heterocycles. The van der Waals surface area contributed by atoms with Crippen LogP contribution in [0.5, 0.6) is 0 Å². The molecule has 0 atom stereocenters. The highest BCUT2D eigenvalue weighted by molar-refractivity contribution is 9.10. The Kier molecular flexibility index (Phi) is 4.86. The average molecular weight is 395 g/mol. The van der Waals surface area contributed by atoms with E-state index in [0.717, 1.165) is 5.56 Å². The topological polar surface area (TPSA) is 54.9 Å². The smallest absolute Gasteiger partial charge is 0.259 e. The lowest BCUT2D eigenvalue weighted by Crippen LogP contribution is -2.14. The van der Waals surface area contributed by atoms with Crippen molar-refractivity contribution in [1.29, 1.82) is 0 Å². The second-order valence-electron chi connectivity index (χ2n) is 3.91. The third-order valence-corrected chi connectivity index (χ3v) is 3.99. The van der Waals surface area contributed by atoms with Crippen LogP contribution in [0.2, 0.25) is 15.3 Å². The SMILES string of the molecule is Cc1cc(Br)c(NC(=O)c2cc(Cl)nnc2Cl)cc1Cl. The van der Waals surface area contributed by atoms with Gasteiger partial charge in [-0.2, -0.15) is 0 Å². The van der Waals surface area contributed by atoms with Crippen molar-refractivity contribution in [2.75, 3.05) is 5.32 Å². The van der Waals surface area contributed by atoms with Crippen molar-refractivity contribution in [3.8, 4) is 0 Å². The molecule has 0 fully saturated rings. The number of halogens is 4. The number of anilines is 1. The van der Waals surface area contributed by atoms with E-state index in [1.807, 2.05) is 6.92 Å². The molecule has 20 heavy (non-hydrogen) atoms. The summed E-state index contributed by atoms with van der Waals surface area (Å²) >= 11 is 20.9. The van der Waals surface area contributed by atoms with Crippen molar-refractivity contribution in [2.45, 2.75) is 6.92 Å². The molecule has 0 aliphatic rings. The summed E-state index contributed by atoms with van der Waals surface area (Å²) in [6, 6.07) is 4.79. The number of rotatable bonds is 2. The Morgan fingerprint density at radius 2 is 1.90 bits per heavy atom. The second kappa shape index (κ2) is 6.26. The molecule has 2 rings (SSSR count). The van der Waals surface area contributed by atoms with Crippen LogP contribution in [-0.4, -0.2) is 16.1 Å². The van der Waals surface area contributed by atoms with Crippen LogP contribution in [0.15, 0.2) is 22.7 Å². The summed E-state index contributed by atoms with van der Waals surface area (Å²) in [7, 11) is 0. The molecule has 1 amide bonds. The van der Waals surface area contributed by atoms with Crippen LogP contribution in [0.3, 0.4) is 0 Å². The van der Waals surface area contributed by atoms with Crippen molar-refractivity contribution in [3.05, 3.63) is 49.1 Å². The van der Waals surface area contributed by atoms with Gasteiger partial charge in [-0.15, -0.1) is 10.2 Å². The third kappa shape index (κ3) is 3.41. The van der Waals surface area contributed by atoms with Crippen molar-refractivity contribution < 1.29 is 4.79 Å². The monoisotopic (exact) mass is 393 g/mol. The van der Waals surface area contributed by atoms with E-state index in [0.29, 0.717) is 15.2 Å². The van der Waals surface area contributed by atoms with E-state index in [1.165, 1.54) is 6.07 Å². The van der Waals surface area contributed by atoms with Crippen LogP contribution in [0, 0.1) is 6.92 Å². The average Bonchev–Trinajstić information content (AvgIpc) is 2.38. The minimum atomic E-state index is -0.451. The molecule has 8 heteroatoms. The molecule has 0 aliphatic heterocycles. The first-order chi connectivity index (χ1) is 9.38. The number of carbonyl (C=O) groups is 1. The van der Waals surface area contributed by atoms with E-state index < -0.39 is 5.91 Å². The number of hydrogen-bond donors (Lipinski definition) is 1. The maximum atomic E-state index is 12.1. The number of benzene rings is 1. The first-order valence-electron chi connectivity index (χ1n) is 5.34. The molecular weight excluding hydrogens is 388 g/mol. The molecular formula is C12H7BrCl3N3O. The lowest BCUT2D eigenvalue weighted by molar-refractivity contribution is 0.102. The number of nitrogens with zero attached hydrogens (tertiary/aromatic N) is 2. The Bertz CT molecular complexity index is 694. The summed E-state index contributed by atoms with van der Waals surface area (Å²) in [5.41, 5.74) is 1.55. The van der Waals surface area contributed by atoms with Crippen LogP contribution in [0.25, 0.3) is 0 Å². The first-order valence-corrected chi connectivity index (χ1v) is 7.27. The van der Waals surface area contributed by atoms with E-state index >= 15 is 0 Å². The van der Waals surface area contributed by atoms with Crippen molar-refractivity contribution in [3.63, 3.8) is 0 Å². The second-order valence-corrected chi connectivity index (χ2v) is 5.91. The van der Waals surface area contributed by atoms with Gasteiger partial charge in [0.25, 0.3) is 5.91 Å². The largest absolute Gasteiger partial charge is 0.321 e. The number of aryl methyl sites for hydroxylation is 1. The van der Waals surface area contributed by atoms with Crippen LogP contribution in [0.4, 0.5) is 5.69 Å². The maximum absolute atomic E-state index is 12.1. The molecule has 0 saturated heterocycles. The van der Waals surface area contributed by atoms with Crippen molar-refractivity contribution >= 4 is 62.3 Å². The molecule has 0 spiro atoms. The van der Waals surface area contributed by atoms with Gasteiger partial charge < -0.3 is 5.32 Å². The number of nitrogens with one attached hydrogen (secondary N) is 1. The lowest BCUT2D eigenvalue weighted by Gasteiger charge is -2.10. The quantitative estimate of drug-likeness (QED) is 0.798. The summed E-state index contributed by atoms with van der Waals surface area (Å²) in [5, 5.41) is 10.4. The number of aromatic nitrogens is 2. The third-order valence-electron chi connectivity index (χ3n) is 2.46. The summed E-state index contributed by atoms with van der Waals surface area (Å²) in [6.07, 6.45) is 0. The standard InChI is InChI=1S/C12H7BrCl3N3O/c1-5-2-7(13)9(4-8(5)14)17-12(20)6-3-10(15)18-19-11(6)16/h2-4H,1H3,(H,17,20). The highest BCUT2D eigenvalue weighted by Gasteiger charge is 2.15. The molecule has 0 unspecified atom stereocenters. The summed E-state index contributed by atoms with van der Waals surface area (Å²) in [6.45, 7) is 1.86. The Morgan fingerprint density at radius 3 is 2.60 bits per heavy atom. The van der Waals surface area contributed by atoms with Crippen LogP contribution in [-0.2, 0) is 0 Å². The predicted molar refractivity (Wildman–Crippen MR) is 83.9 cm³/mol. The fourth-order valence-electron chi connectivity index (χ4n) is 1.44. The van der Waals surface area contributed by atoms with Crippen LogP contribution < -0.4 is 5.32 Å². The van der Waals surface area contributed by atoms with E-state index in [9.17, 15) is 4.79 Å². The van der Waals surface area contributed by atoms with E-state index in [-0.39, 0.29) is 15.9 Å². The van der Waals surface area contributed by atoms with Gasteiger partial charge in [0.15, 0.2) is 10.3 Å². The minimum Gasteiger partial charge on any atom is -0.321 e. The lowest BCUT2D eigenvalue weighted by atomic mass is 10.2. The minimum absolute atomic E-state index is 0.0266. The van der Waals surface area contributed by atoms with E-state index in [1.54, 1.807) is 12.1 Å². The van der Waals surface area contributed by atoms with Gasteiger partial charge in [0.05, 0.1) is 11.3 Å². The normalized spacial score (nSPS) is 10.4. The van der Waals surface area contributed by atoms with Crippen molar-refractivity contribution in [2.24, 2.45) is 0 Å². The Morgan fingerprint density at radius 1 is 1.20 bits per heavy atom. The van der Waals surface area contributed by atoms with E-state index in [2.05, 4.69) is 31.4 Å². The summed E-state index contributed by atoms with van der Waals surface area (Å²) in [5.74, 6) is -0.451. The van der Waals surface area contributed by atoms with Gasteiger partial charge in [0.2, 0.25) is 0 Å². The number of carbonyl (C=O) groups excluding carboxylic acids is 1. The molecule has 1 aromatic carbocycles. The molecule has 0 radical (unpaired) electrons. The van der Waals surface area contributed by atoms with Gasteiger partial charge in [-0.05, 0) is 46.6 Å². The Labute approximate surface area is 138 Å². The predicted octanol–water partition coefficient (Wildman–Crippen LogP) is 4.76. The molecule has 0 saturated carbocycles. The van der Waals surface area contributed by atoms with Crippen molar-refractivity contribution in [1.82, 2.24) is 10.2 Å². The zero-order chi connectivity index (χ0) is 14.9. The molecule has 4 nitrogen and oxygen atoms in total. The molecule has 0 aliphatic carbocycles. The number of amides is 1. The highest BCUT2D eigenvalue weighted by atomic mass is 79.9. The first kappa shape index (κ1) is 15.5. The highest BCUT2D eigenvalue weighted by Crippen LogP contribution is 2.30. The van der Waals surface area contributed by atoms with Gasteiger partial charge in [0.1, 0.15) is 0 Å². The fourth-order valence-corrected chi connectivity index (χ4v) is 2.49. The Balaban J connectivity index is 2.32. The summed E-state index contributed by atoms with van der Waals surface area (Å²) in [4.78, 5) is 12.1.